The van der Waals surface area contributed by atoms with Gasteiger partial charge in [0.2, 0.25) is 0 Å². The molecule has 1 aromatic carbocycles. The van der Waals surface area contributed by atoms with Gasteiger partial charge < -0.3 is 91.2 Å². The molecule has 3 aliphatic rings. The first-order valence-corrected chi connectivity index (χ1v) is 14.1. The lowest BCUT2D eigenvalue weighted by atomic mass is 9.94. The predicted octanol–water partition coefficient (Wildman–Crippen LogP) is -6.13. The average Bonchev–Trinajstić information content (AvgIpc) is 3.02. The van der Waals surface area contributed by atoms with Crippen LogP contribution in [0.3, 0.4) is 0 Å². The third kappa shape index (κ3) is 7.26. The van der Waals surface area contributed by atoms with Crippen molar-refractivity contribution in [1.29, 1.82) is 0 Å². The molecule has 0 bridgehead atoms. The van der Waals surface area contributed by atoms with Crippen LogP contribution >= 0.6 is 0 Å². The first kappa shape index (κ1) is 35.0. The summed E-state index contributed by atoms with van der Waals surface area (Å²) < 4.78 is 33.8. The van der Waals surface area contributed by atoms with Crippen LogP contribution < -0.4 is 21.5 Å². The van der Waals surface area contributed by atoms with Crippen LogP contribution in [0.1, 0.15) is 5.56 Å². The molecule has 0 radical (unpaired) electrons. The van der Waals surface area contributed by atoms with Crippen molar-refractivity contribution in [3.05, 3.63) is 23.8 Å². The van der Waals surface area contributed by atoms with Crippen LogP contribution in [0.25, 0.3) is 0 Å². The van der Waals surface area contributed by atoms with Crippen LogP contribution in [-0.4, -0.2) is 165 Å². The molecule has 0 aromatic heterocycles. The van der Waals surface area contributed by atoms with E-state index in [1.807, 2.05) is 0 Å². The third-order valence-corrected chi connectivity index (χ3v) is 8.07. The lowest BCUT2D eigenvalue weighted by molar-refractivity contribution is -0.350. The van der Waals surface area contributed by atoms with Gasteiger partial charge in [-0.25, -0.2) is 0 Å². The van der Waals surface area contributed by atoms with E-state index in [2.05, 4.69) is 5.32 Å². The number of phenolic OH excluding ortho intramolecular Hbond substituents is 1. The highest BCUT2D eigenvalue weighted by atomic mass is 16.7. The number of nitrogens with one attached hydrogen (secondary N) is 1. The Morgan fingerprint density at radius 1 is 0.750 bits per heavy atom. The maximum Gasteiger partial charge on any atom is 0.176 e. The minimum Gasteiger partial charge on any atom is -0.504 e. The second kappa shape index (κ2) is 15.2. The normalized spacial score (nSPS) is 43.1. The molecule has 0 saturated carbocycles. The number of aromatic hydroxyl groups is 1. The molecule has 3 fully saturated rings. The molecule has 252 valence electrons. The van der Waals surface area contributed by atoms with Gasteiger partial charge in [-0.2, -0.15) is 0 Å². The van der Waals surface area contributed by atoms with Gasteiger partial charge in [0.1, 0.15) is 54.9 Å². The van der Waals surface area contributed by atoms with Crippen molar-refractivity contribution in [3.8, 4) is 11.5 Å². The van der Waals surface area contributed by atoms with Gasteiger partial charge in [-0.3, -0.25) is 0 Å². The Morgan fingerprint density at radius 2 is 1.34 bits per heavy atom. The van der Waals surface area contributed by atoms with E-state index in [9.17, 15) is 46.0 Å². The lowest BCUT2D eigenvalue weighted by Crippen LogP contribution is -2.69. The summed E-state index contributed by atoms with van der Waals surface area (Å²) in [5.41, 5.74) is 12.4. The van der Waals surface area contributed by atoms with E-state index in [0.717, 1.165) is 0 Å². The molecule has 4 rings (SSSR count). The zero-order valence-electron chi connectivity index (χ0n) is 23.8. The average molecular weight is 638 g/mol. The molecule has 0 aliphatic carbocycles. The smallest absolute Gasteiger partial charge is 0.176 e. The van der Waals surface area contributed by atoms with E-state index in [0.29, 0.717) is 5.56 Å². The van der Waals surface area contributed by atoms with Crippen LogP contribution in [0, 0.1) is 0 Å². The zero-order valence-corrected chi connectivity index (χ0v) is 23.8. The summed E-state index contributed by atoms with van der Waals surface area (Å²) in [4.78, 5) is 0. The molecule has 3 heterocycles. The molecular weight excluding hydrogens is 594 g/mol. The molecule has 18 heteroatoms. The number of ether oxygens (including phenoxy) is 6. The van der Waals surface area contributed by atoms with Crippen LogP contribution in [-0.2, 0) is 30.2 Å². The number of methoxy groups -OCH3 is 1. The summed E-state index contributed by atoms with van der Waals surface area (Å²) in [6.45, 7) is -2.06. The Kier molecular flexibility index (Phi) is 12.1. The predicted molar refractivity (Wildman–Crippen MR) is 144 cm³/mol. The maximum absolute atomic E-state index is 11.6. The summed E-state index contributed by atoms with van der Waals surface area (Å²) in [6.07, 6.45) is -17.3. The molecule has 44 heavy (non-hydrogen) atoms. The second-order valence-electron chi connectivity index (χ2n) is 10.9. The number of benzene rings is 1. The largest absolute Gasteiger partial charge is 0.504 e. The molecule has 1 aromatic rings. The highest BCUT2D eigenvalue weighted by molar-refractivity contribution is 5.41. The van der Waals surface area contributed by atoms with Crippen LogP contribution in [0.15, 0.2) is 18.2 Å². The van der Waals surface area contributed by atoms with E-state index in [1.165, 1.54) is 19.2 Å². The van der Waals surface area contributed by atoms with Crippen molar-refractivity contribution in [2.75, 3.05) is 26.9 Å². The number of aliphatic hydroxyl groups is 8. The topological polar surface area (TPSA) is 302 Å². The van der Waals surface area contributed by atoms with Gasteiger partial charge in [0.25, 0.3) is 0 Å². The van der Waals surface area contributed by atoms with Crippen LogP contribution in [0.5, 0.6) is 11.5 Å². The molecule has 2 unspecified atom stereocenters. The summed E-state index contributed by atoms with van der Waals surface area (Å²) in [7, 11) is 1.37. The van der Waals surface area contributed by atoms with Crippen LogP contribution in [0.4, 0.5) is 0 Å². The molecule has 15 atom stereocenters. The standard InChI is InChI=1S/C26H43N3O15/c1-39-11-4-9(2-3-10(11)33)5-29-17-21(37)23(43-25-16(28)19(35)18(34)12(6-30)41-25)14(8-32)42-26(17)44-22-13(7-31)40-24(38)15(27)20(22)36/h2-4,12-26,29-38H,5-8,27-28H2,1H3/t12-,13-,14-,15-,16-,17-,18-,19-,20-,21-,22?,23?,24-,25+,26+/m1/s1. The van der Waals surface area contributed by atoms with Crippen molar-refractivity contribution in [1.82, 2.24) is 5.32 Å². The second-order valence-corrected chi connectivity index (χ2v) is 10.9. The molecular formula is C26H43N3O15. The highest BCUT2D eigenvalue weighted by Gasteiger charge is 2.53. The van der Waals surface area contributed by atoms with Gasteiger partial charge in [0.15, 0.2) is 30.4 Å². The van der Waals surface area contributed by atoms with E-state index in [-0.39, 0.29) is 18.0 Å². The molecule has 14 N–H and O–H groups in total. The van der Waals surface area contributed by atoms with E-state index < -0.39 is 112 Å². The minimum absolute atomic E-state index is 0.0282. The quantitative estimate of drug-likeness (QED) is 0.107. The van der Waals surface area contributed by atoms with Crippen molar-refractivity contribution in [2.24, 2.45) is 11.5 Å². The van der Waals surface area contributed by atoms with Crippen molar-refractivity contribution in [3.63, 3.8) is 0 Å². The molecule has 3 aliphatic heterocycles. The fourth-order valence-corrected chi connectivity index (χ4v) is 5.44. The number of hydrogen-bond acceptors (Lipinski definition) is 18. The van der Waals surface area contributed by atoms with E-state index in [1.54, 1.807) is 6.07 Å². The molecule has 0 spiro atoms. The number of nitrogens with two attached hydrogens (primary N) is 2. The van der Waals surface area contributed by atoms with Gasteiger partial charge in [-0.1, -0.05) is 6.07 Å². The summed E-state index contributed by atoms with van der Waals surface area (Å²) in [5, 5.41) is 95.5. The highest BCUT2D eigenvalue weighted by Crippen LogP contribution is 2.32. The zero-order chi connectivity index (χ0) is 32.3. The number of phenols is 1. The van der Waals surface area contributed by atoms with Crippen molar-refractivity contribution >= 4 is 0 Å². The monoisotopic (exact) mass is 637 g/mol. The SMILES string of the molecule is COc1cc(CN[C@H]2[C@H](OC3[C@@H](CO)O[C@@H](O)[C@H](N)[C@H]3O)O[C@H](CO)C(O[C@@H]3O[C@H](CO)[C@@H](O)[C@H](O)[C@H]3N)[C@@H]2O)ccc1O. The van der Waals surface area contributed by atoms with Gasteiger partial charge in [0, 0.05) is 6.54 Å². The van der Waals surface area contributed by atoms with E-state index >= 15 is 0 Å². The Hall–Kier alpha value is -1.82. The number of hydrogen-bond donors (Lipinski definition) is 12. The summed E-state index contributed by atoms with van der Waals surface area (Å²) in [5.74, 6) is 0.0810. The van der Waals surface area contributed by atoms with E-state index in [4.69, 9.17) is 39.9 Å². The van der Waals surface area contributed by atoms with Gasteiger partial charge in [-0.05, 0) is 17.7 Å². The van der Waals surface area contributed by atoms with Gasteiger partial charge >= 0.3 is 0 Å². The van der Waals surface area contributed by atoms with Crippen LogP contribution in [0.2, 0.25) is 0 Å². The fraction of sp³-hybridized carbons (Fsp3) is 0.769. The maximum atomic E-state index is 11.6. The van der Waals surface area contributed by atoms with Gasteiger partial charge in [0.05, 0.1) is 45.1 Å². The summed E-state index contributed by atoms with van der Waals surface area (Å²) >= 11 is 0. The first-order chi connectivity index (χ1) is 20.9. The molecule has 18 nitrogen and oxygen atoms in total. The van der Waals surface area contributed by atoms with Crippen molar-refractivity contribution < 1.29 is 74.4 Å². The van der Waals surface area contributed by atoms with Gasteiger partial charge in [-0.15, -0.1) is 0 Å². The fourth-order valence-electron chi connectivity index (χ4n) is 5.44. The third-order valence-electron chi connectivity index (χ3n) is 8.07. The Labute approximate surface area is 252 Å². The first-order valence-electron chi connectivity index (χ1n) is 14.1. The Morgan fingerprint density at radius 3 is 1.98 bits per heavy atom. The minimum atomic E-state index is -1.60. The molecule has 3 saturated heterocycles. The molecule has 0 amide bonds. The Balaban J connectivity index is 1.61. The summed E-state index contributed by atoms with van der Waals surface area (Å²) in [6, 6.07) is 0.676. The number of aliphatic hydroxyl groups excluding tert-OH is 8. The number of rotatable bonds is 11. The van der Waals surface area contributed by atoms with Crippen molar-refractivity contribution in [2.45, 2.75) is 98.5 Å². The lowest BCUT2D eigenvalue weighted by Gasteiger charge is -2.49. The Bertz CT molecular complexity index is 1060.